The van der Waals surface area contributed by atoms with Crippen LogP contribution < -0.4 is 10.9 Å². The number of fused-ring (bicyclic) bond motifs is 7. The van der Waals surface area contributed by atoms with Crippen molar-refractivity contribution in [2.75, 3.05) is 0 Å². The first-order valence-electron chi connectivity index (χ1n) is 12.0. The second kappa shape index (κ2) is 7.38. The Kier molecular flexibility index (Phi) is 4.08. The van der Waals surface area contributed by atoms with Gasteiger partial charge in [0.2, 0.25) is 5.43 Å². The summed E-state index contributed by atoms with van der Waals surface area (Å²) >= 11 is 1.53. The molecule has 0 spiro atoms. The van der Waals surface area contributed by atoms with E-state index in [1.165, 1.54) is 22.1 Å². The highest BCUT2D eigenvalue weighted by molar-refractivity contribution is 7.24. The van der Waals surface area contributed by atoms with E-state index in [2.05, 4.69) is 28.8 Å². The predicted molar refractivity (Wildman–Crippen MR) is 153 cm³/mol. The molecule has 0 saturated carbocycles. The summed E-state index contributed by atoms with van der Waals surface area (Å²) in [7, 11) is 0. The van der Waals surface area contributed by atoms with E-state index in [4.69, 9.17) is 4.42 Å². The van der Waals surface area contributed by atoms with Crippen LogP contribution in [0.2, 0.25) is 0 Å². The lowest BCUT2D eigenvalue weighted by molar-refractivity contribution is 0.660. The molecule has 0 fully saturated rings. The Morgan fingerprint density at radius 1 is 0.514 bits per heavy atom. The number of hydrogen-bond donors (Lipinski definition) is 0. The second-order valence-electron chi connectivity index (χ2n) is 9.25. The van der Waals surface area contributed by atoms with E-state index in [1.54, 1.807) is 6.07 Å². The lowest BCUT2D eigenvalue weighted by Crippen LogP contribution is -2.06. The van der Waals surface area contributed by atoms with Crippen LogP contribution in [-0.4, -0.2) is 4.57 Å². The minimum Gasteiger partial charge on any atom is -0.456 e. The van der Waals surface area contributed by atoms with Crippen LogP contribution in [0.15, 0.2) is 117 Å². The zero-order chi connectivity index (χ0) is 24.7. The van der Waals surface area contributed by atoms with Gasteiger partial charge in [-0.1, -0.05) is 48.5 Å². The molecule has 8 aromatic rings. The second-order valence-corrected chi connectivity index (χ2v) is 10.3. The molecule has 8 rings (SSSR count). The van der Waals surface area contributed by atoms with E-state index in [-0.39, 0.29) is 10.9 Å². The molecule has 4 nitrogen and oxygen atoms in total. The normalized spacial score (nSPS) is 12.0. The molecule has 0 atom stereocenters. The molecule has 0 aliphatic carbocycles. The third-order valence-electron chi connectivity index (χ3n) is 7.19. The molecule has 0 aliphatic rings. The molecular weight excluding hydrogens is 478 g/mol. The van der Waals surface area contributed by atoms with Gasteiger partial charge in [-0.15, -0.1) is 11.3 Å². The van der Waals surface area contributed by atoms with Crippen LogP contribution in [0.25, 0.3) is 69.6 Å². The van der Waals surface area contributed by atoms with E-state index < -0.39 is 0 Å². The van der Waals surface area contributed by atoms with Gasteiger partial charge in [0.1, 0.15) is 11.2 Å². The molecule has 3 aromatic heterocycles. The topological polar surface area (TPSA) is 52.2 Å². The molecule has 5 aromatic carbocycles. The molecule has 37 heavy (non-hydrogen) atoms. The SMILES string of the molecule is O=c1c2ccc(-n3c4ccccc4c4ccccc43)cc2oc2cc3sc4ccccc4c(=O)c3cc12. The van der Waals surface area contributed by atoms with Crippen LogP contribution in [0.1, 0.15) is 0 Å². The fourth-order valence-electron chi connectivity index (χ4n) is 5.48. The maximum absolute atomic E-state index is 13.6. The van der Waals surface area contributed by atoms with Gasteiger partial charge in [0.15, 0.2) is 5.43 Å². The van der Waals surface area contributed by atoms with Crippen molar-refractivity contribution in [3.8, 4) is 5.69 Å². The maximum atomic E-state index is 13.6. The Morgan fingerprint density at radius 2 is 1.14 bits per heavy atom. The molecule has 174 valence electrons. The number of rotatable bonds is 1. The maximum Gasteiger partial charge on any atom is 0.200 e. The predicted octanol–water partition coefficient (Wildman–Crippen LogP) is 7.77. The third kappa shape index (κ3) is 2.83. The summed E-state index contributed by atoms with van der Waals surface area (Å²) in [5.74, 6) is 0. The molecule has 3 heterocycles. The Morgan fingerprint density at radius 3 is 1.89 bits per heavy atom. The van der Waals surface area contributed by atoms with Crippen molar-refractivity contribution >= 4 is 75.3 Å². The summed E-state index contributed by atoms with van der Waals surface area (Å²) < 4.78 is 10.3. The Hall–Kier alpha value is -4.74. The van der Waals surface area contributed by atoms with Crippen molar-refractivity contribution in [1.29, 1.82) is 0 Å². The van der Waals surface area contributed by atoms with E-state index in [0.29, 0.717) is 32.7 Å². The quantitative estimate of drug-likeness (QED) is 0.219. The molecule has 0 bridgehead atoms. The highest BCUT2D eigenvalue weighted by Gasteiger charge is 2.15. The lowest BCUT2D eigenvalue weighted by atomic mass is 10.1. The fourth-order valence-corrected chi connectivity index (χ4v) is 6.56. The molecule has 0 radical (unpaired) electrons. The molecule has 0 unspecified atom stereocenters. The van der Waals surface area contributed by atoms with Gasteiger partial charge in [0, 0.05) is 42.7 Å². The van der Waals surface area contributed by atoms with Crippen LogP contribution in [0, 0.1) is 0 Å². The van der Waals surface area contributed by atoms with Gasteiger partial charge in [0.05, 0.1) is 21.8 Å². The summed E-state index contributed by atoms with van der Waals surface area (Å²) in [4.78, 5) is 26.7. The van der Waals surface area contributed by atoms with Crippen LogP contribution in [0.4, 0.5) is 0 Å². The van der Waals surface area contributed by atoms with Crippen molar-refractivity contribution in [2.45, 2.75) is 0 Å². The third-order valence-corrected chi connectivity index (χ3v) is 8.32. The molecular formula is C32H17NO3S. The number of para-hydroxylation sites is 2. The average molecular weight is 496 g/mol. The summed E-state index contributed by atoms with van der Waals surface area (Å²) in [6.07, 6.45) is 0. The standard InChI is InChI=1S/C32H17NO3S/c34-31-21-14-13-18(33-25-10-4-1-7-19(25)20-8-2-5-11-26(20)33)15-27(21)36-28-17-30-24(16-23(28)31)32(35)22-9-3-6-12-29(22)37-30/h1-17H. The molecule has 0 N–H and O–H groups in total. The number of nitrogens with zero attached hydrogens (tertiary/aromatic N) is 1. The lowest BCUT2D eigenvalue weighted by Gasteiger charge is -2.10. The number of aromatic nitrogens is 1. The molecule has 0 amide bonds. The minimum atomic E-state index is -0.135. The summed E-state index contributed by atoms with van der Waals surface area (Å²) in [5.41, 5.74) is 3.91. The van der Waals surface area contributed by atoms with Gasteiger partial charge >= 0.3 is 0 Å². The number of hydrogen-bond acceptors (Lipinski definition) is 4. The summed E-state index contributed by atoms with van der Waals surface area (Å²) in [6.45, 7) is 0. The first-order valence-corrected chi connectivity index (χ1v) is 12.8. The average Bonchev–Trinajstić information content (AvgIpc) is 3.27. The first-order chi connectivity index (χ1) is 18.2. The Bertz CT molecular complexity index is 2300. The van der Waals surface area contributed by atoms with Gasteiger partial charge in [-0.3, -0.25) is 9.59 Å². The van der Waals surface area contributed by atoms with Gasteiger partial charge < -0.3 is 8.98 Å². The molecule has 0 saturated heterocycles. The van der Waals surface area contributed by atoms with Crippen LogP contribution >= 0.6 is 11.3 Å². The van der Waals surface area contributed by atoms with Crippen molar-refractivity contribution in [3.63, 3.8) is 0 Å². The van der Waals surface area contributed by atoms with Crippen LogP contribution in [-0.2, 0) is 0 Å². The number of benzene rings is 5. The van der Waals surface area contributed by atoms with Crippen molar-refractivity contribution in [1.82, 2.24) is 4.57 Å². The van der Waals surface area contributed by atoms with Crippen molar-refractivity contribution in [3.05, 3.63) is 124 Å². The van der Waals surface area contributed by atoms with Gasteiger partial charge in [0.25, 0.3) is 0 Å². The van der Waals surface area contributed by atoms with Gasteiger partial charge in [-0.25, -0.2) is 0 Å². The van der Waals surface area contributed by atoms with E-state index in [9.17, 15) is 9.59 Å². The monoisotopic (exact) mass is 495 g/mol. The molecule has 0 aliphatic heterocycles. The molecule has 5 heteroatoms. The zero-order valence-corrected chi connectivity index (χ0v) is 20.2. The van der Waals surface area contributed by atoms with E-state index in [1.807, 2.05) is 72.8 Å². The fraction of sp³-hybridized carbons (Fsp3) is 0. The largest absolute Gasteiger partial charge is 0.456 e. The Balaban J connectivity index is 1.44. The first kappa shape index (κ1) is 20.5. The van der Waals surface area contributed by atoms with Crippen LogP contribution in [0.5, 0.6) is 0 Å². The van der Waals surface area contributed by atoms with Crippen LogP contribution in [0.3, 0.4) is 0 Å². The summed E-state index contributed by atoms with van der Waals surface area (Å²) in [5, 5.41) is 4.47. The minimum absolute atomic E-state index is 0.0625. The smallest absolute Gasteiger partial charge is 0.200 e. The summed E-state index contributed by atoms with van der Waals surface area (Å²) in [6, 6.07) is 33.4. The van der Waals surface area contributed by atoms with Gasteiger partial charge in [-0.2, -0.15) is 0 Å². The highest BCUT2D eigenvalue weighted by atomic mass is 32.1. The van der Waals surface area contributed by atoms with Crippen molar-refractivity contribution in [2.24, 2.45) is 0 Å². The highest BCUT2D eigenvalue weighted by Crippen LogP contribution is 2.34. The van der Waals surface area contributed by atoms with E-state index in [0.717, 1.165) is 26.1 Å². The Labute approximate surface area is 213 Å². The van der Waals surface area contributed by atoms with Gasteiger partial charge in [-0.05, 0) is 48.5 Å². The van der Waals surface area contributed by atoms with E-state index >= 15 is 0 Å². The van der Waals surface area contributed by atoms with Crippen molar-refractivity contribution < 1.29 is 4.42 Å². The zero-order valence-electron chi connectivity index (χ0n) is 19.4.